The highest BCUT2D eigenvalue weighted by Gasteiger charge is 2.39. The molecule has 23 heavy (non-hydrogen) atoms. The fourth-order valence-corrected chi connectivity index (χ4v) is 3.23. The lowest BCUT2D eigenvalue weighted by molar-refractivity contribution is 0.0376. The summed E-state index contributed by atoms with van der Waals surface area (Å²) in [5, 5.41) is 27.4. The van der Waals surface area contributed by atoms with Crippen LogP contribution in [0.4, 0.5) is 0 Å². The standard InChI is InChI=1S/C15H24N3O4P/c1-10(2)13(7-16)20-23(19,21-14(8-17)11(3)4)22-15(9-18)12(5)6/h10-15H,1-6H3. The summed E-state index contributed by atoms with van der Waals surface area (Å²) >= 11 is 0. The monoisotopic (exact) mass is 341 g/mol. The number of phosphoric ester groups is 1. The molecule has 0 saturated heterocycles. The van der Waals surface area contributed by atoms with Crippen LogP contribution in [0.25, 0.3) is 0 Å². The average molecular weight is 341 g/mol. The Morgan fingerprint density at radius 1 is 0.652 bits per heavy atom. The number of nitriles is 3. The van der Waals surface area contributed by atoms with E-state index < -0.39 is 26.1 Å². The molecule has 0 aromatic rings. The smallest absolute Gasteiger partial charge is 0.268 e. The average Bonchev–Trinajstić information content (AvgIpc) is 2.47. The highest BCUT2D eigenvalue weighted by atomic mass is 31.2. The van der Waals surface area contributed by atoms with E-state index >= 15 is 0 Å². The second-order valence-electron chi connectivity index (χ2n) is 6.14. The first-order valence-electron chi connectivity index (χ1n) is 7.44. The molecule has 0 aliphatic carbocycles. The third kappa shape index (κ3) is 7.12. The molecule has 0 N–H and O–H groups in total. The molecule has 0 rings (SSSR count). The van der Waals surface area contributed by atoms with Crippen molar-refractivity contribution in [2.24, 2.45) is 17.8 Å². The minimum absolute atomic E-state index is 0.264. The van der Waals surface area contributed by atoms with Gasteiger partial charge in [0.25, 0.3) is 0 Å². The van der Waals surface area contributed by atoms with Gasteiger partial charge in [-0.15, -0.1) is 0 Å². The second-order valence-corrected chi connectivity index (χ2v) is 7.67. The van der Waals surface area contributed by atoms with Crippen LogP contribution in [-0.2, 0) is 18.1 Å². The Balaban J connectivity index is 5.52. The Labute approximate surface area is 138 Å². The Hall–Kier alpha value is -1.42. The molecule has 0 aliphatic rings. The number of rotatable bonds is 9. The van der Waals surface area contributed by atoms with Crippen LogP contribution >= 0.6 is 7.82 Å². The number of hydrogen-bond donors (Lipinski definition) is 0. The van der Waals surface area contributed by atoms with Crippen molar-refractivity contribution < 1.29 is 18.1 Å². The molecule has 0 aliphatic heterocycles. The summed E-state index contributed by atoms with van der Waals surface area (Å²) in [6.07, 6.45) is -3.13. The Bertz CT molecular complexity index is 466. The molecule has 0 spiro atoms. The predicted molar refractivity (Wildman–Crippen MR) is 83.6 cm³/mol. The van der Waals surface area contributed by atoms with Gasteiger partial charge in [-0.2, -0.15) is 15.8 Å². The molecule has 0 aromatic heterocycles. The van der Waals surface area contributed by atoms with Crippen molar-refractivity contribution in [1.29, 1.82) is 15.8 Å². The molecule has 0 heterocycles. The van der Waals surface area contributed by atoms with E-state index in [4.69, 9.17) is 29.4 Å². The topological polar surface area (TPSA) is 116 Å². The summed E-state index contributed by atoms with van der Waals surface area (Å²) in [5.41, 5.74) is 0. The zero-order chi connectivity index (χ0) is 18.2. The van der Waals surface area contributed by atoms with Crippen molar-refractivity contribution in [1.82, 2.24) is 0 Å². The summed E-state index contributed by atoms with van der Waals surface area (Å²) in [7, 11) is -4.27. The van der Waals surface area contributed by atoms with E-state index in [1.807, 2.05) is 18.2 Å². The Morgan fingerprint density at radius 3 is 1.00 bits per heavy atom. The fourth-order valence-electron chi connectivity index (χ4n) is 1.37. The minimum atomic E-state index is -4.27. The van der Waals surface area contributed by atoms with Crippen LogP contribution in [-0.4, -0.2) is 18.3 Å². The van der Waals surface area contributed by atoms with E-state index in [2.05, 4.69) is 0 Å². The van der Waals surface area contributed by atoms with Crippen molar-refractivity contribution in [2.45, 2.75) is 59.9 Å². The lowest BCUT2D eigenvalue weighted by Gasteiger charge is -2.27. The molecule has 3 unspecified atom stereocenters. The van der Waals surface area contributed by atoms with Gasteiger partial charge in [-0.25, -0.2) is 4.57 Å². The van der Waals surface area contributed by atoms with Crippen LogP contribution < -0.4 is 0 Å². The molecule has 0 fully saturated rings. The minimum Gasteiger partial charge on any atom is -0.268 e. The van der Waals surface area contributed by atoms with Crippen LogP contribution in [0.2, 0.25) is 0 Å². The molecule has 0 bridgehead atoms. The molecule has 0 amide bonds. The normalized spacial score (nSPS) is 17.8. The molecule has 7 nitrogen and oxygen atoms in total. The molecule has 0 aromatic carbocycles. The lowest BCUT2D eigenvalue weighted by Crippen LogP contribution is -2.25. The maximum absolute atomic E-state index is 12.9. The molecule has 128 valence electrons. The lowest BCUT2D eigenvalue weighted by atomic mass is 10.1. The van der Waals surface area contributed by atoms with Gasteiger partial charge in [0.15, 0.2) is 18.3 Å². The highest BCUT2D eigenvalue weighted by Crippen LogP contribution is 2.54. The van der Waals surface area contributed by atoms with Crippen molar-refractivity contribution in [3.8, 4) is 18.2 Å². The molecular weight excluding hydrogens is 317 g/mol. The number of hydrogen-bond acceptors (Lipinski definition) is 7. The summed E-state index contributed by atoms with van der Waals surface area (Å²) < 4.78 is 28.7. The zero-order valence-electron chi connectivity index (χ0n) is 14.4. The third-order valence-corrected chi connectivity index (χ3v) is 4.38. The first-order valence-corrected chi connectivity index (χ1v) is 8.90. The number of nitrogens with zero attached hydrogens (tertiary/aromatic N) is 3. The summed E-state index contributed by atoms with van der Waals surface area (Å²) in [4.78, 5) is 0. The van der Waals surface area contributed by atoms with Crippen LogP contribution in [0.1, 0.15) is 41.5 Å². The quantitative estimate of drug-likeness (QED) is 0.586. The van der Waals surface area contributed by atoms with E-state index in [1.54, 1.807) is 41.5 Å². The van der Waals surface area contributed by atoms with Crippen LogP contribution in [0, 0.1) is 51.7 Å². The van der Waals surface area contributed by atoms with Gasteiger partial charge in [0, 0.05) is 0 Å². The van der Waals surface area contributed by atoms with Gasteiger partial charge in [0.1, 0.15) is 0 Å². The summed E-state index contributed by atoms with van der Waals surface area (Å²) in [5.74, 6) is -0.793. The van der Waals surface area contributed by atoms with E-state index in [0.717, 1.165) is 0 Å². The SMILES string of the molecule is CC(C)C(C#N)OP(=O)(OC(C#N)C(C)C)OC(C#N)C(C)C. The summed E-state index contributed by atoms with van der Waals surface area (Å²) in [6.45, 7) is 10.3. The molecule has 0 radical (unpaired) electrons. The maximum atomic E-state index is 12.9. The van der Waals surface area contributed by atoms with Gasteiger partial charge in [0.2, 0.25) is 0 Å². The number of phosphoric acid groups is 1. The maximum Gasteiger partial charge on any atom is 0.478 e. The van der Waals surface area contributed by atoms with E-state index in [9.17, 15) is 4.57 Å². The van der Waals surface area contributed by atoms with Crippen LogP contribution in [0.3, 0.4) is 0 Å². The van der Waals surface area contributed by atoms with Crippen molar-refractivity contribution in [2.75, 3.05) is 0 Å². The van der Waals surface area contributed by atoms with Crippen molar-refractivity contribution >= 4 is 7.82 Å². The van der Waals surface area contributed by atoms with Gasteiger partial charge in [0.05, 0.1) is 18.2 Å². The molecule has 3 atom stereocenters. The zero-order valence-corrected chi connectivity index (χ0v) is 15.3. The predicted octanol–water partition coefficient (Wildman–Crippen LogP) is 3.79. The Kier molecular flexibility index (Phi) is 9.06. The van der Waals surface area contributed by atoms with Gasteiger partial charge in [-0.3, -0.25) is 13.6 Å². The molecular formula is C15H24N3O4P. The second kappa shape index (κ2) is 9.66. The van der Waals surface area contributed by atoms with E-state index in [-0.39, 0.29) is 17.8 Å². The molecule has 0 saturated carbocycles. The van der Waals surface area contributed by atoms with E-state index in [1.165, 1.54) is 0 Å². The van der Waals surface area contributed by atoms with Crippen LogP contribution in [0.5, 0.6) is 0 Å². The fraction of sp³-hybridized carbons (Fsp3) is 0.800. The summed E-state index contributed by atoms with van der Waals surface area (Å²) in [6, 6.07) is 5.63. The first kappa shape index (κ1) is 21.6. The van der Waals surface area contributed by atoms with E-state index in [0.29, 0.717) is 0 Å². The third-order valence-electron chi connectivity index (χ3n) is 2.93. The van der Waals surface area contributed by atoms with Gasteiger partial charge >= 0.3 is 7.82 Å². The van der Waals surface area contributed by atoms with Gasteiger partial charge in [-0.05, 0) is 17.8 Å². The first-order chi connectivity index (χ1) is 10.6. The van der Waals surface area contributed by atoms with Crippen LogP contribution in [0.15, 0.2) is 0 Å². The Morgan fingerprint density at radius 2 is 0.870 bits per heavy atom. The van der Waals surface area contributed by atoms with Gasteiger partial charge < -0.3 is 0 Å². The van der Waals surface area contributed by atoms with Gasteiger partial charge in [-0.1, -0.05) is 41.5 Å². The highest BCUT2D eigenvalue weighted by molar-refractivity contribution is 7.48. The van der Waals surface area contributed by atoms with Crippen molar-refractivity contribution in [3.05, 3.63) is 0 Å². The largest absolute Gasteiger partial charge is 0.478 e. The molecule has 8 heteroatoms. The van der Waals surface area contributed by atoms with Crippen molar-refractivity contribution in [3.63, 3.8) is 0 Å².